The van der Waals surface area contributed by atoms with E-state index in [4.69, 9.17) is 5.73 Å². The second-order valence-electron chi connectivity index (χ2n) is 3.76. The van der Waals surface area contributed by atoms with E-state index >= 15 is 0 Å². The van der Waals surface area contributed by atoms with Gasteiger partial charge in [0.25, 0.3) is 5.56 Å². The summed E-state index contributed by atoms with van der Waals surface area (Å²) in [6.07, 6.45) is 0.806. The number of nitrogens with two attached hydrogens (primary N) is 1. The fourth-order valence-corrected chi connectivity index (χ4v) is 1.49. The van der Waals surface area contributed by atoms with E-state index in [1.165, 1.54) is 4.68 Å². The van der Waals surface area contributed by atoms with Crippen LogP contribution in [0, 0.1) is 0 Å². The van der Waals surface area contributed by atoms with Gasteiger partial charge in [-0.2, -0.15) is 0 Å². The standard InChI is InChI=1S/C11H14N4O/c1-2-8(12)7-15-11(16)9-5-3-4-6-10(9)13-14-15/h3-6,8H,2,7,12H2,1H3/t8-/m1/s1. The molecule has 1 atom stereocenters. The highest BCUT2D eigenvalue weighted by Gasteiger charge is 2.07. The minimum absolute atomic E-state index is 0.0619. The predicted molar refractivity (Wildman–Crippen MR) is 62.1 cm³/mol. The molecule has 16 heavy (non-hydrogen) atoms. The van der Waals surface area contributed by atoms with Gasteiger partial charge >= 0.3 is 0 Å². The molecule has 0 unspecified atom stereocenters. The Bertz CT molecular complexity index is 549. The lowest BCUT2D eigenvalue weighted by atomic mass is 10.2. The van der Waals surface area contributed by atoms with Crippen molar-refractivity contribution in [2.24, 2.45) is 5.73 Å². The Kier molecular flexibility index (Phi) is 2.96. The lowest BCUT2D eigenvalue weighted by Crippen LogP contribution is -2.33. The summed E-state index contributed by atoms with van der Waals surface area (Å²) in [6.45, 7) is 2.39. The third-order valence-corrected chi connectivity index (χ3v) is 2.56. The van der Waals surface area contributed by atoms with E-state index in [1.807, 2.05) is 19.1 Å². The van der Waals surface area contributed by atoms with E-state index in [-0.39, 0.29) is 11.6 Å². The summed E-state index contributed by atoms with van der Waals surface area (Å²) in [5.74, 6) is 0. The zero-order chi connectivity index (χ0) is 11.5. The fraction of sp³-hybridized carbons (Fsp3) is 0.364. The van der Waals surface area contributed by atoms with Crippen LogP contribution >= 0.6 is 0 Å². The molecule has 0 amide bonds. The molecule has 0 radical (unpaired) electrons. The first-order valence-electron chi connectivity index (χ1n) is 5.30. The van der Waals surface area contributed by atoms with Gasteiger partial charge in [0, 0.05) is 6.04 Å². The van der Waals surface area contributed by atoms with Gasteiger partial charge < -0.3 is 5.73 Å². The van der Waals surface area contributed by atoms with Gasteiger partial charge in [-0.1, -0.05) is 24.3 Å². The maximum atomic E-state index is 12.0. The third kappa shape index (κ3) is 1.94. The minimum atomic E-state index is -0.130. The van der Waals surface area contributed by atoms with Gasteiger partial charge in [-0.15, -0.1) is 5.10 Å². The molecule has 1 heterocycles. The zero-order valence-electron chi connectivity index (χ0n) is 9.13. The van der Waals surface area contributed by atoms with Gasteiger partial charge in [-0.3, -0.25) is 4.79 Å². The smallest absolute Gasteiger partial charge is 0.277 e. The predicted octanol–water partition coefficient (Wildman–Crippen LogP) is 0.529. The molecule has 0 aliphatic rings. The van der Waals surface area contributed by atoms with Gasteiger partial charge in [0.1, 0.15) is 5.52 Å². The highest BCUT2D eigenvalue weighted by molar-refractivity contribution is 5.76. The van der Waals surface area contributed by atoms with Gasteiger partial charge in [0.15, 0.2) is 0 Å². The van der Waals surface area contributed by atoms with Crippen molar-refractivity contribution < 1.29 is 0 Å². The summed E-state index contributed by atoms with van der Waals surface area (Å²) in [6, 6.07) is 7.11. The maximum absolute atomic E-state index is 12.0. The summed E-state index contributed by atoms with van der Waals surface area (Å²) >= 11 is 0. The zero-order valence-corrected chi connectivity index (χ0v) is 9.13. The van der Waals surface area contributed by atoms with E-state index < -0.39 is 0 Å². The van der Waals surface area contributed by atoms with Gasteiger partial charge in [-0.25, -0.2) is 4.68 Å². The molecule has 5 heteroatoms. The van der Waals surface area contributed by atoms with Crippen LogP contribution in [0.2, 0.25) is 0 Å². The average molecular weight is 218 g/mol. The molecule has 2 aromatic rings. The highest BCUT2D eigenvalue weighted by Crippen LogP contribution is 2.03. The second kappa shape index (κ2) is 4.40. The Morgan fingerprint density at radius 1 is 1.44 bits per heavy atom. The topological polar surface area (TPSA) is 73.8 Å². The van der Waals surface area contributed by atoms with E-state index in [2.05, 4.69) is 10.3 Å². The number of hydrogen-bond donors (Lipinski definition) is 1. The van der Waals surface area contributed by atoms with Crippen molar-refractivity contribution in [2.75, 3.05) is 0 Å². The van der Waals surface area contributed by atoms with Gasteiger partial charge in [0.05, 0.1) is 11.9 Å². The number of fused-ring (bicyclic) bond motifs is 1. The number of nitrogens with zero attached hydrogens (tertiary/aromatic N) is 3. The van der Waals surface area contributed by atoms with Crippen LogP contribution < -0.4 is 11.3 Å². The molecule has 5 nitrogen and oxygen atoms in total. The molecule has 0 saturated carbocycles. The molecule has 0 saturated heterocycles. The summed E-state index contributed by atoms with van der Waals surface area (Å²) < 4.78 is 1.33. The Labute approximate surface area is 92.9 Å². The van der Waals surface area contributed by atoms with Crippen molar-refractivity contribution in [3.8, 4) is 0 Å². The molecule has 0 spiro atoms. The van der Waals surface area contributed by atoms with Gasteiger partial charge in [0.2, 0.25) is 0 Å². The first kappa shape index (κ1) is 10.8. The molecule has 2 N–H and O–H groups in total. The van der Waals surface area contributed by atoms with Crippen LogP contribution in [0.1, 0.15) is 13.3 Å². The van der Waals surface area contributed by atoms with Crippen LogP contribution in [0.15, 0.2) is 29.1 Å². The van der Waals surface area contributed by atoms with E-state index in [0.29, 0.717) is 17.4 Å². The molecular formula is C11H14N4O. The lowest BCUT2D eigenvalue weighted by molar-refractivity contribution is 0.466. The van der Waals surface area contributed by atoms with E-state index in [1.54, 1.807) is 12.1 Å². The molecule has 0 aliphatic carbocycles. The van der Waals surface area contributed by atoms with Crippen molar-refractivity contribution in [3.63, 3.8) is 0 Å². The quantitative estimate of drug-likeness (QED) is 0.815. The Balaban J connectivity index is 2.49. The first-order chi connectivity index (χ1) is 7.72. The second-order valence-corrected chi connectivity index (χ2v) is 3.76. The normalized spacial score (nSPS) is 12.9. The van der Waals surface area contributed by atoms with Crippen LogP contribution in [0.5, 0.6) is 0 Å². The van der Waals surface area contributed by atoms with Crippen LogP contribution in [0.25, 0.3) is 10.9 Å². The largest absolute Gasteiger partial charge is 0.326 e. The SMILES string of the molecule is CC[C@@H](N)Cn1nnc2ccccc2c1=O. The van der Waals surface area contributed by atoms with Crippen LogP contribution in [-0.2, 0) is 6.54 Å². The van der Waals surface area contributed by atoms with Crippen molar-refractivity contribution in [2.45, 2.75) is 25.9 Å². The average Bonchev–Trinajstić information content (AvgIpc) is 2.33. The number of hydrogen-bond acceptors (Lipinski definition) is 4. The summed E-state index contributed by atoms with van der Waals surface area (Å²) in [5.41, 5.74) is 6.28. The molecule has 0 aliphatic heterocycles. The molecular weight excluding hydrogens is 204 g/mol. The first-order valence-corrected chi connectivity index (χ1v) is 5.30. The maximum Gasteiger partial charge on any atom is 0.277 e. The highest BCUT2D eigenvalue weighted by atomic mass is 16.1. The van der Waals surface area contributed by atoms with Crippen LogP contribution in [-0.4, -0.2) is 21.0 Å². The summed E-state index contributed by atoms with van der Waals surface area (Å²) in [5, 5.41) is 8.44. The monoisotopic (exact) mass is 218 g/mol. The van der Waals surface area contributed by atoms with Crippen LogP contribution in [0.4, 0.5) is 0 Å². The Morgan fingerprint density at radius 2 is 2.19 bits per heavy atom. The van der Waals surface area contributed by atoms with Crippen molar-refractivity contribution >= 4 is 10.9 Å². The van der Waals surface area contributed by atoms with Gasteiger partial charge in [-0.05, 0) is 18.6 Å². The molecule has 0 fully saturated rings. The summed E-state index contributed by atoms with van der Waals surface area (Å²) in [7, 11) is 0. The summed E-state index contributed by atoms with van der Waals surface area (Å²) in [4.78, 5) is 12.0. The molecule has 1 aromatic heterocycles. The van der Waals surface area contributed by atoms with Crippen molar-refractivity contribution in [1.29, 1.82) is 0 Å². The van der Waals surface area contributed by atoms with Crippen molar-refractivity contribution in [3.05, 3.63) is 34.6 Å². The van der Waals surface area contributed by atoms with E-state index in [0.717, 1.165) is 6.42 Å². The molecule has 1 aromatic carbocycles. The number of aromatic nitrogens is 3. The molecule has 2 rings (SSSR count). The Hall–Kier alpha value is -1.75. The fourth-order valence-electron chi connectivity index (χ4n) is 1.49. The van der Waals surface area contributed by atoms with Crippen LogP contribution in [0.3, 0.4) is 0 Å². The lowest BCUT2D eigenvalue weighted by Gasteiger charge is -2.09. The Morgan fingerprint density at radius 3 is 2.94 bits per heavy atom. The van der Waals surface area contributed by atoms with Crippen molar-refractivity contribution in [1.82, 2.24) is 15.0 Å². The van der Waals surface area contributed by atoms with E-state index in [9.17, 15) is 4.79 Å². The number of benzene rings is 1. The minimum Gasteiger partial charge on any atom is -0.326 e. The number of rotatable bonds is 3. The third-order valence-electron chi connectivity index (χ3n) is 2.56. The molecule has 84 valence electrons. The molecule has 0 bridgehead atoms.